The number of amides is 2. The molecule has 29 heavy (non-hydrogen) atoms. The van der Waals surface area contributed by atoms with E-state index in [1.54, 1.807) is 11.9 Å². The van der Waals surface area contributed by atoms with Crippen LogP contribution in [-0.4, -0.2) is 29.8 Å². The summed E-state index contributed by atoms with van der Waals surface area (Å²) in [5.41, 5.74) is 3.68. The van der Waals surface area contributed by atoms with Gasteiger partial charge in [-0.1, -0.05) is 43.5 Å². The Hall–Kier alpha value is -2.62. The van der Waals surface area contributed by atoms with Gasteiger partial charge in [-0.25, -0.2) is 0 Å². The van der Waals surface area contributed by atoms with Crippen molar-refractivity contribution in [3.8, 4) is 0 Å². The monoisotopic (exact) mass is 392 g/mol. The molecule has 4 heteroatoms. The molecule has 2 aromatic rings. The van der Waals surface area contributed by atoms with Gasteiger partial charge in [0.15, 0.2) is 0 Å². The lowest BCUT2D eigenvalue weighted by molar-refractivity contribution is 0.0754. The average molecular weight is 393 g/mol. The molecule has 0 radical (unpaired) electrons. The zero-order chi connectivity index (χ0) is 20.8. The molecular weight excluding hydrogens is 360 g/mol. The molecule has 0 saturated heterocycles. The van der Waals surface area contributed by atoms with E-state index in [2.05, 4.69) is 17.4 Å². The summed E-state index contributed by atoms with van der Waals surface area (Å²) in [6, 6.07) is 15.7. The molecule has 0 aromatic heterocycles. The highest BCUT2D eigenvalue weighted by molar-refractivity contribution is 5.95. The molecule has 0 bridgehead atoms. The molecule has 4 nitrogen and oxygen atoms in total. The summed E-state index contributed by atoms with van der Waals surface area (Å²) in [5, 5.41) is 2.97. The van der Waals surface area contributed by atoms with E-state index in [9.17, 15) is 9.59 Å². The van der Waals surface area contributed by atoms with Crippen LogP contribution in [0.1, 0.15) is 83.7 Å². The molecule has 1 aliphatic carbocycles. The minimum atomic E-state index is -0.0695. The molecule has 0 atom stereocenters. The van der Waals surface area contributed by atoms with Crippen molar-refractivity contribution in [2.75, 3.05) is 7.05 Å². The van der Waals surface area contributed by atoms with Crippen LogP contribution < -0.4 is 5.32 Å². The van der Waals surface area contributed by atoms with Gasteiger partial charge >= 0.3 is 0 Å². The van der Waals surface area contributed by atoms with Crippen molar-refractivity contribution in [1.82, 2.24) is 10.2 Å². The van der Waals surface area contributed by atoms with E-state index in [0.717, 1.165) is 5.56 Å². The van der Waals surface area contributed by atoms with Crippen LogP contribution in [0.3, 0.4) is 0 Å². The van der Waals surface area contributed by atoms with E-state index in [4.69, 9.17) is 0 Å². The molecular formula is C25H32N2O2. The first kappa shape index (κ1) is 21.1. The number of nitrogens with zero attached hydrogens (tertiary/aromatic N) is 1. The number of carbonyl (C=O) groups excluding carboxylic acids is 2. The lowest BCUT2D eigenvalue weighted by atomic mass is 9.84. The van der Waals surface area contributed by atoms with Crippen molar-refractivity contribution >= 4 is 11.8 Å². The van der Waals surface area contributed by atoms with Crippen LogP contribution in [-0.2, 0) is 6.54 Å². The lowest BCUT2D eigenvalue weighted by Crippen LogP contribution is -2.32. The number of hydrogen-bond acceptors (Lipinski definition) is 2. The Balaban J connectivity index is 1.54. The highest BCUT2D eigenvalue weighted by atomic mass is 16.2. The van der Waals surface area contributed by atoms with E-state index >= 15 is 0 Å². The predicted molar refractivity (Wildman–Crippen MR) is 117 cm³/mol. The van der Waals surface area contributed by atoms with Crippen LogP contribution in [0.2, 0.25) is 0 Å². The second kappa shape index (κ2) is 9.73. The standard InChI is InChI=1S/C25H32N2O2/c1-18(2)27(3)25(29)23-11-9-19(10-12-23)17-26-24(28)22-15-13-21(14-16-22)20-7-5-4-6-8-20/h9-16,18,20H,4-8,17H2,1-3H3,(H,26,28). The minimum Gasteiger partial charge on any atom is -0.348 e. The molecule has 3 rings (SSSR count). The van der Waals surface area contributed by atoms with Crippen LogP contribution in [0.4, 0.5) is 0 Å². The molecule has 1 saturated carbocycles. The van der Waals surface area contributed by atoms with Crippen molar-refractivity contribution in [3.05, 3.63) is 70.8 Å². The summed E-state index contributed by atoms with van der Waals surface area (Å²) in [4.78, 5) is 26.5. The molecule has 1 fully saturated rings. The maximum absolute atomic E-state index is 12.5. The van der Waals surface area contributed by atoms with E-state index in [1.807, 2.05) is 50.2 Å². The number of benzene rings is 2. The van der Waals surface area contributed by atoms with Gasteiger partial charge in [0, 0.05) is 30.8 Å². The fourth-order valence-electron chi connectivity index (χ4n) is 3.83. The average Bonchev–Trinajstić information content (AvgIpc) is 2.77. The number of nitrogens with one attached hydrogen (secondary N) is 1. The molecule has 0 aliphatic heterocycles. The Labute approximate surface area is 174 Å². The predicted octanol–water partition coefficient (Wildman–Crippen LogP) is 5.14. The maximum atomic E-state index is 12.5. The first-order valence-corrected chi connectivity index (χ1v) is 10.7. The van der Waals surface area contributed by atoms with Crippen molar-refractivity contribution in [2.24, 2.45) is 0 Å². The topological polar surface area (TPSA) is 49.4 Å². The van der Waals surface area contributed by atoms with E-state index in [0.29, 0.717) is 23.6 Å². The highest BCUT2D eigenvalue weighted by Gasteiger charge is 2.16. The fourth-order valence-corrected chi connectivity index (χ4v) is 3.83. The third kappa shape index (κ3) is 5.47. The lowest BCUT2D eigenvalue weighted by Gasteiger charge is -2.22. The maximum Gasteiger partial charge on any atom is 0.253 e. The molecule has 154 valence electrons. The van der Waals surface area contributed by atoms with Gasteiger partial charge in [0.05, 0.1) is 0 Å². The van der Waals surface area contributed by atoms with E-state index < -0.39 is 0 Å². The molecule has 0 heterocycles. The summed E-state index contributed by atoms with van der Waals surface area (Å²) in [7, 11) is 1.81. The smallest absolute Gasteiger partial charge is 0.253 e. The van der Waals surface area contributed by atoms with Gasteiger partial charge < -0.3 is 10.2 Å². The van der Waals surface area contributed by atoms with Crippen LogP contribution in [0.5, 0.6) is 0 Å². The van der Waals surface area contributed by atoms with Gasteiger partial charge in [0.1, 0.15) is 0 Å². The highest BCUT2D eigenvalue weighted by Crippen LogP contribution is 2.32. The van der Waals surface area contributed by atoms with E-state index in [1.165, 1.54) is 37.7 Å². The minimum absolute atomic E-state index is 0.00800. The summed E-state index contributed by atoms with van der Waals surface area (Å²) in [6.45, 7) is 4.42. The van der Waals surface area contributed by atoms with E-state index in [-0.39, 0.29) is 17.9 Å². The largest absolute Gasteiger partial charge is 0.348 e. The zero-order valence-corrected chi connectivity index (χ0v) is 17.8. The van der Waals surface area contributed by atoms with Gasteiger partial charge in [0.2, 0.25) is 0 Å². The van der Waals surface area contributed by atoms with Crippen molar-refractivity contribution in [2.45, 2.75) is 64.5 Å². The molecule has 2 amide bonds. The fraction of sp³-hybridized carbons (Fsp3) is 0.440. The van der Waals surface area contributed by atoms with Gasteiger partial charge in [-0.05, 0) is 68.0 Å². The van der Waals surface area contributed by atoms with Gasteiger partial charge in [-0.15, -0.1) is 0 Å². The molecule has 0 spiro atoms. The first-order chi connectivity index (χ1) is 14.0. The molecule has 2 aromatic carbocycles. The molecule has 1 N–H and O–H groups in total. The Morgan fingerprint density at radius 1 is 0.931 bits per heavy atom. The number of carbonyl (C=O) groups is 2. The van der Waals surface area contributed by atoms with Crippen molar-refractivity contribution < 1.29 is 9.59 Å². The SMILES string of the molecule is CC(C)N(C)C(=O)c1ccc(CNC(=O)c2ccc(C3CCCCC3)cc2)cc1. The Morgan fingerprint density at radius 2 is 1.52 bits per heavy atom. The molecule has 1 aliphatic rings. The quantitative estimate of drug-likeness (QED) is 0.739. The third-order valence-corrected chi connectivity index (χ3v) is 6.00. The summed E-state index contributed by atoms with van der Waals surface area (Å²) in [6.07, 6.45) is 6.49. The summed E-state index contributed by atoms with van der Waals surface area (Å²) < 4.78 is 0. The number of hydrogen-bond donors (Lipinski definition) is 1. The zero-order valence-electron chi connectivity index (χ0n) is 17.8. The Bertz CT molecular complexity index is 819. The van der Waals surface area contributed by atoms with Gasteiger partial charge in [-0.2, -0.15) is 0 Å². The van der Waals surface area contributed by atoms with Gasteiger partial charge in [-0.3, -0.25) is 9.59 Å². The van der Waals surface area contributed by atoms with Crippen molar-refractivity contribution in [1.29, 1.82) is 0 Å². The number of rotatable bonds is 6. The Morgan fingerprint density at radius 3 is 2.10 bits per heavy atom. The first-order valence-electron chi connectivity index (χ1n) is 10.7. The third-order valence-electron chi connectivity index (χ3n) is 6.00. The van der Waals surface area contributed by atoms with Gasteiger partial charge in [0.25, 0.3) is 11.8 Å². The van der Waals surface area contributed by atoms with Crippen molar-refractivity contribution in [3.63, 3.8) is 0 Å². The second-order valence-electron chi connectivity index (χ2n) is 8.35. The van der Waals surface area contributed by atoms with Crippen LogP contribution >= 0.6 is 0 Å². The van der Waals surface area contributed by atoms with Crippen LogP contribution in [0, 0.1) is 0 Å². The van der Waals surface area contributed by atoms with Crippen LogP contribution in [0.25, 0.3) is 0 Å². The van der Waals surface area contributed by atoms with Crippen LogP contribution in [0.15, 0.2) is 48.5 Å². The summed E-state index contributed by atoms with van der Waals surface area (Å²) >= 11 is 0. The summed E-state index contributed by atoms with van der Waals surface area (Å²) in [5.74, 6) is 0.588. The normalized spacial score (nSPS) is 14.6. The molecule has 0 unspecified atom stereocenters. The second-order valence-corrected chi connectivity index (χ2v) is 8.35. The Kier molecular flexibility index (Phi) is 7.08.